The van der Waals surface area contributed by atoms with Crippen LogP contribution in [0.25, 0.3) is 5.65 Å². The summed E-state index contributed by atoms with van der Waals surface area (Å²) in [4.78, 5) is 16.4. The summed E-state index contributed by atoms with van der Waals surface area (Å²) in [6, 6.07) is 5.05. The molecule has 1 aliphatic rings. The Labute approximate surface area is 239 Å². The summed E-state index contributed by atoms with van der Waals surface area (Å²) in [5, 5.41) is 14.5. The van der Waals surface area contributed by atoms with Crippen LogP contribution in [-0.2, 0) is 18.9 Å². The molecular formula is C29H50N6O5. The molecule has 0 aliphatic heterocycles. The van der Waals surface area contributed by atoms with Gasteiger partial charge in [0.05, 0.1) is 45.8 Å². The van der Waals surface area contributed by atoms with Gasteiger partial charge in [-0.3, -0.25) is 0 Å². The number of anilines is 1. The minimum Gasteiger partial charge on any atom is -0.444 e. The quantitative estimate of drug-likeness (QED) is 0.230. The minimum absolute atomic E-state index is 0.403. The van der Waals surface area contributed by atoms with Gasteiger partial charge in [0.2, 0.25) is 0 Å². The molecule has 11 nitrogen and oxygen atoms in total. The van der Waals surface area contributed by atoms with Crippen molar-refractivity contribution in [1.29, 1.82) is 0 Å². The van der Waals surface area contributed by atoms with E-state index in [1.807, 2.05) is 37.5 Å². The first-order valence-corrected chi connectivity index (χ1v) is 14.8. The van der Waals surface area contributed by atoms with Crippen molar-refractivity contribution in [3.8, 4) is 0 Å². The number of nitrogens with one attached hydrogen (secondary N) is 3. The fourth-order valence-electron chi connectivity index (χ4n) is 4.88. The molecule has 0 bridgehead atoms. The average molecular weight is 563 g/mol. The molecule has 2 aromatic heterocycles. The van der Waals surface area contributed by atoms with Crippen LogP contribution in [0.1, 0.15) is 78.3 Å². The van der Waals surface area contributed by atoms with Gasteiger partial charge in [0.25, 0.3) is 0 Å². The van der Waals surface area contributed by atoms with Gasteiger partial charge < -0.3 is 34.9 Å². The van der Waals surface area contributed by atoms with Gasteiger partial charge in [-0.15, -0.1) is 0 Å². The van der Waals surface area contributed by atoms with Gasteiger partial charge in [-0.05, 0) is 52.9 Å². The molecule has 40 heavy (non-hydrogen) atoms. The van der Waals surface area contributed by atoms with Gasteiger partial charge in [0.15, 0.2) is 5.65 Å². The van der Waals surface area contributed by atoms with Gasteiger partial charge in [-0.2, -0.15) is 9.61 Å². The Bertz CT molecular complexity index is 1010. The van der Waals surface area contributed by atoms with Crippen molar-refractivity contribution in [3.63, 3.8) is 0 Å². The zero-order valence-corrected chi connectivity index (χ0v) is 25.0. The number of hydrogen-bond donors (Lipinski definition) is 3. The highest BCUT2D eigenvalue weighted by Gasteiger charge is 2.25. The molecule has 0 unspecified atom stereocenters. The SMILES string of the molecule is CCC(CC)c1cc(N[C@H]2CC[C@H](NCCOCCOCCOCCNC(=O)OC(C)(C)C)C2)n2nccc2n1. The molecule has 0 saturated heterocycles. The van der Waals surface area contributed by atoms with E-state index in [4.69, 9.17) is 23.9 Å². The number of rotatable bonds is 18. The summed E-state index contributed by atoms with van der Waals surface area (Å²) in [5.74, 6) is 1.51. The van der Waals surface area contributed by atoms with Crippen LogP contribution in [0.4, 0.5) is 10.6 Å². The predicted octanol–water partition coefficient (Wildman–Crippen LogP) is 4.13. The van der Waals surface area contributed by atoms with Crippen molar-refractivity contribution in [1.82, 2.24) is 25.2 Å². The molecule has 0 radical (unpaired) electrons. The van der Waals surface area contributed by atoms with Crippen LogP contribution in [0.15, 0.2) is 18.3 Å². The molecule has 1 saturated carbocycles. The lowest BCUT2D eigenvalue weighted by atomic mass is 9.99. The largest absolute Gasteiger partial charge is 0.444 e. The van der Waals surface area contributed by atoms with Gasteiger partial charge >= 0.3 is 6.09 Å². The second-order valence-electron chi connectivity index (χ2n) is 11.3. The molecule has 2 aromatic rings. The van der Waals surface area contributed by atoms with E-state index in [1.54, 1.807) is 0 Å². The first-order valence-electron chi connectivity index (χ1n) is 14.8. The Morgan fingerprint density at radius 2 is 1.65 bits per heavy atom. The fraction of sp³-hybridized carbons (Fsp3) is 0.759. The lowest BCUT2D eigenvalue weighted by molar-refractivity contribution is 0.0143. The van der Waals surface area contributed by atoms with E-state index in [0.29, 0.717) is 64.2 Å². The Morgan fingerprint density at radius 1 is 1.00 bits per heavy atom. The van der Waals surface area contributed by atoms with Crippen LogP contribution >= 0.6 is 0 Å². The number of carbonyl (C=O) groups is 1. The monoisotopic (exact) mass is 562 g/mol. The van der Waals surface area contributed by atoms with E-state index in [9.17, 15) is 4.79 Å². The summed E-state index contributed by atoms with van der Waals surface area (Å²) >= 11 is 0. The third-order valence-electron chi connectivity index (χ3n) is 6.91. The Balaban J connectivity index is 1.20. The van der Waals surface area contributed by atoms with E-state index < -0.39 is 11.7 Å². The van der Waals surface area contributed by atoms with Crippen LogP contribution in [-0.4, -0.2) is 91.1 Å². The standard InChI is InChI=1S/C29H50N6O5/c1-6-22(7-2)25-21-27(35-26(34-25)10-11-32-35)33-24-9-8-23(20-24)30-12-14-37-16-18-39-19-17-38-15-13-31-28(36)40-29(3,4)5/h10-11,21-24,30,33H,6-9,12-20H2,1-5H3,(H,31,36)/t23-,24-/m0/s1. The van der Waals surface area contributed by atoms with E-state index in [-0.39, 0.29) is 0 Å². The second kappa shape index (κ2) is 16.7. The summed E-state index contributed by atoms with van der Waals surface area (Å²) < 4.78 is 23.8. The maximum absolute atomic E-state index is 11.5. The summed E-state index contributed by atoms with van der Waals surface area (Å²) in [5.41, 5.74) is 1.55. The molecule has 226 valence electrons. The van der Waals surface area contributed by atoms with Crippen molar-refractivity contribution in [2.45, 2.75) is 90.3 Å². The van der Waals surface area contributed by atoms with E-state index in [2.05, 4.69) is 41.0 Å². The van der Waals surface area contributed by atoms with E-state index >= 15 is 0 Å². The van der Waals surface area contributed by atoms with E-state index in [1.165, 1.54) is 0 Å². The number of aromatic nitrogens is 3. The van der Waals surface area contributed by atoms with Crippen LogP contribution in [0.5, 0.6) is 0 Å². The molecule has 1 aliphatic carbocycles. The summed E-state index contributed by atoms with van der Waals surface area (Å²) in [7, 11) is 0. The topological polar surface area (TPSA) is 120 Å². The predicted molar refractivity (Wildman–Crippen MR) is 156 cm³/mol. The zero-order valence-electron chi connectivity index (χ0n) is 25.0. The molecule has 1 fully saturated rings. The number of hydrogen-bond acceptors (Lipinski definition) is 9. The molecule has 1 amide bonds. The third kappa shape index (κ3) is 11.2. The van der Waals surface area contributed by atoms with Gasteiger partial charge in [-0.1, -0.05) is 13.8 Å². The molecule has 2 heterocycles. The minimum atomic E-state index is -0.499. The number of carbonyl (C=O) groups excluding carboxylic acids is 1. The maximum atomic E-state index is 11.5. The lowest BCUT2D eigenvalue weighted by Crippen LogP contribution is -2.34. The smallest absolute Gasteiger partial charge is 0.407 e. The van der Waals surface area contributed by atoms with Crippen molar-refractivity contribution in [2.75, 3.05) is 58.0 Å². The number of fused-ring (bicyclic) bond motifs is 1. The molecule has 3 N–H and O–H groups in total. The number of alkyl carbamates (subject to hydrolysis) is 1. The van der Waals surface area contributed by atoms with Crippen molar-refractivity contribution < 1.29 is 23.7 Å². The van der Waals surface area contributed by atoms with Crippen LogP contribution in [0, 0.1) is 0 Å². The third-order valence-corrected chi connectivity index (χ3v) is 6.91. The summed E-state index contributed by atoms with van der Waals surface area (Å²) in [6.45, 7) is 14.3. The van der Waals surface area contributed by atoms with Gasteiger partial charge in [0.1, 0.15) is 11.4 Å². The number of amides is 1. The molecule has 11 heteroatoms. The molecule has 2 atom stereocenters. The van der Waals surface area contributed by atoms with Crippen LogP contribution < -0.4 is 16.0 Å². The lowest BCUT2D eigenvalue weighted by Gasteiger charge is -2.19. The number of ether oxygens (including phenoxy) is 4. The van der Waals surface area contributed by atoms with Crippen molar-refractivity contribution in [2.24, 2.45) is 0 Å². The first-order chi connectivity index (χ1) is 19.3. The van der Waals surface area contributed by atoms with Gasteiger partial charge in [0, 0.05) is 48.9 Å². The highest BCUT2D eigenvalue weighted by Crippen LogP contribution is 2.27. The highest BCUT2D eigenvalue weighted by atomic mass is 16.6. The van der Waals surface area contributed by atoms with Crippen molar-refractivity contribution in [3.05, 3.63) is 24.0 Å². The van der Waals surface area contributed by atoms with Crippen LogP contribution in [0.3, 0.4) is 0 Å². The molecule has 0 spiro atoms. The maximum Gasteiger partial charge on any atom is 0.407 e. The molecule has 0 aromatic carbocycles. The first kappa shape index (κ1) is 32.0. The highest BCUT2D eigenvalue weighted by molar-refractivity contribution is 5.67. The second-order valence-corrected chi connectivity index (χ2v) is 11.3. The fourth-order valence-corrected chi connectivity index (χ4v) is 4.88. The summed E-state index contributed by atoms with van der Waals surface area (Å²) in [6.07, 6.45) is 6.88. The Morgan fingerprint density at radius 3 is 2.33 bits per heavy atom. The van der Waals surface area contributed by atoms with Crippen LogP contribution in [0.2, 0.25) is 0 Å². The van der Waals surface area contributed by atoms with E-state index in [0.717, 1.165) is 55.8 Å². The number of nitrogens with zero attached hydrogens (tertiary/aromatic N) is 3. The molecular weight excluding hydrogens is 512 g/mol. The average Bonchev–Trinajstić information content (AvgIpc) is 3.56. The normalized spacial score (nSPS) is 17.6. The van der Waals surface area contributed by atoms with Crippen molar-refractivity contribution >= 4 is 17.6 Å². The zero-order chi connectivity index (χ0) is 28.8. The Hall–Kier alpha value is -2.47. The van der Waals surface area contributed by atoms with Gasteiger partial charge in [-0.25, -0.2) is 9.78 Å². The molecule has 3 rings (SSSR count). The Kier molecular flexibility index (Phi) is 13.4.